The van der Waals surface area contributed by atoms with E-state index in [1.165, 1.54) is 0 Å². The van der Waals surface area contributed by atoms with E-state index in [1.54, 1.807) is 0 Å². The first-order valence-electron chi connectivity index (χ1n) is 0.289. The molecule has 0 aliphatic rings. The van der Waals surface area contributed by atoms with Gasteiger partial charge in [0.25, 0.3) is 0 Å². The van der Waals surface area contributed by atoms with E-state index >= 15 is 0 Å². The third kappa shape index (κ3) is 18.4. The third-order valence-electron chi connectivity index (χ3n) is 0. The molecule has 5 heteroatoms. The predicted octanol–water partition coefficient (Wildman–Crippen LogP) is -2.87. The van der Waals surface area contributed by atoms with Crippen molar-refractivity contribution in [3.05, 3.63) is 0 Å². The van der Waals surface area contributed by atoms with E-state index in [-0.39, 0.29) is 111 Å². The Kier molecular flexibility index (Phi) is 120. The average Bonchev–Trinajstić information content (AvgIpc) is 1.00. The summed E-state index contributed by atoms with van der Waals surface area (Å²) in [4.78, 5) is 0. The Balaban J connectivity index is -0.00000000167. The molecule has 0 fully saturated rings. The molecular formula is H6BaCuOSiSr. The minimum absolute atomic E-state index is 0. The molecule has 0 aliphatic carbocycles. The van der Waals surface area contributed by atoms with Crippen molar-refractivity contribution in [2.24, 2.45) is 0 Å². The van der Waals surface area contributed by atoms with Crippen LogP contribution in [0.15, 0.2) is 0 Å². The SMILES string of the molecule is O=[SiH2].[BaH2].[Cu].[SrH2]. The second-order valence-corrected chi connectivity index (χ2v) is 0. The summed E-state index contributed by atoms with van der Waals surface area (Å²) in [6, 6.07) is 0. The Bertz CT molecular complexity index is 11.6. The molecule has 0 amide bonds. The van der Waals surface area contributed by atoms with Crippen LogP contribution >= 0.6 is 0 Å². The molecule has 0 heterocycles. The fraction of sp³-hybridized carbons (Fsp3) is 0. The molecule has 0 rings (SSSR count). The number of rotatable bonds is 0. The second-order valence-electron chi connectivity index (χ2n) is 0. The molecule has 31 valence electrons. The van der Waals surface area contributed by atoms with Crippen LogP contribution in [0.4, 0.5) is 0 Å². The van der Waals surface area contributed by atoms with Gasteiger partial charge in [0.2, 0.25) is 10.1 Å². The fourth-order valence-corrected chi connectivity index (χ4v) is 0. The van der Waals surface area contributed by atoms with Crippen LogP contribution in [0, 0.1) is 0 Å². The van der Waals surface area contributed by atoms with Gasteiger partial charge in [-0.05, 0) is 0 Å². The molecule has 0 atom stereocenters. The first-order valence-corrected chi connectivity index (χ1v) is 0.866. The van der Waals surface area contributed by atoms with E-state index in [0.717, 1.165) is 0 Å². The van der Waals surface area contributed by atoms with Gasteiger partial charge in [0.05, 0.1) is 0 Å². The molecule has 0 saturated carbocycles. The van der Waals surface area contributed by atoms with Gasteiger partial charge >= 0.3 is 94.4 Å². The molecule has 1 nitrogen and oxygen atoms in total. The molecule has 1 radical (unpaired) electrons. The Morgan fingerprint density at radius 2 is 1.20 bits per heavy atom. The van der Waals surface area contributed by atoms with Crippen LogP contribution in [0.3, 0.4) is 0 Å². The molecule has 0 spiro atoms. The topological polar surface area (TPSA) is 17.1 Å². The van der Waals surface area contributed by atoms with Gasteiger partial charge in [0, 0.05) is 17.1 Å². The molecular weight excluding hydrogens is 333 g/mol. The summed E-state index contributed by atoms with van der Waals surface area (Å²) in [5, 5.41) is 0. The van der Waals surface area contributed by atoms with E-state index in [4.69, 9.17) is 4.46 Å². The maximum atomic E-state index is 8.28. The molecule has 0 aromatic heterocycles. The summed E-state index contributed by atoms with van der Waals surface area (Å²) in [5.74, 6) is 0. The van der Waals surface area contributed by atoms with Crippen LogP contribution in [0.2, 0.25) is 0 Å². The zero-order valence-corrected chi connectivity index (χ0v) is 3.77. The van der Waals surface area contributed by atoms with Crippen molar-refractivity contribution in [1.82, 2.24) is 0 Å². The quantitative estimate of drug-likeness (QED) is 0.434. The van der Waals surface area contributed by atoms with Gasteiger partial charge in [-0.3, -0.25) is 0 Å². The zero-order valence-electron chi connectivity index (χ0n) is 1.42. The van der Waals surface area contributed by atoms with E-state index in [2.05, 4.69) is 0 Å². The van der Waals surface area contributed by atoms with Crippen LogP contribution in [0.25, 0.3) is 0 Å². The van der Waals surface area contributed by atoms with Crippen molar-refractivity contribution in [2.45, 2.75) is 0 Å². The molecule has 0 saturated heterocycles. The van der Waals surface area contributed by atoms with Crippen molar-refractivity contribution in [3.63, 3.8) is 0 Å². The Morgan fingerprint density at radius 1 is 1.20 bits per heavy atom. The minimum atomic E-state index is 0. The monoisotopic (exact) mass is 339 g/mol. The van der Waals surface area contributed by atoms with Gasteiger partial charge in [-0.15, -0.1) is 0 Å². The average molecular weight is 339 g/mol. The second kappa shape index (κ2) is 25.6. The molecule has 0 aromatic rings. The third-order valence-corrected chi connectivity index (χ3v) is 0. The Morgan fingerprint density at radius 3 is 1.20 bits per heavy atom. The van der Waals surface area contributed by atoms with Gasteiger partial charge in [-0.2, -0.15) is 0 Å². The van der Waals surface area contributed by atoms with E-state index in [9.17, 15) is 0 Å². The van der Waals surface area contributed by atoms with Crippen molar-refractivity contribution < 1.29 is 21.5 Å². The van der Waals surface area contributed by atoms with Crippen LogP contribution in [0.1, 0.15) is 0 Å². The summed E-state index contributed by atoms with van der Waals surface area (Å²) in [5.41, 5.74) is 0. The number of hydrogen-bond acceptors (Lipinski definition) is 1. The first-order chi connectivity index (χ1) is 1.00. The van der Waals surface area contributed by atoms with Gasteiger partial charge in [0.1, 0.15) is 0 Å². The van der Waals surface area contributed by atoms with Gasteiger partial charge < -0.3 is 4.46 Å². The van der Waals surface area contributed by atoms with Crippen molar-refractivity contribution in [2.75, 3.05) is 0 Å². The molecule has 0 unspecified atom stereocenters. The summed E-state index contributed by atoms with van der Waals surface area (Å²) >= 11 is 0. The van der Waals surface area contributed by atoms with Crippen LogP contribution in [-0.4, -0.2) is 104 Å². The van der Waals surface area contributed by atoms with Crippen LogP contribution in [0.5, 0.6) is 0 Å². The zero-order chi connectivity index (χ0) is 2.00. The Labute approximate surface area is 122 Å². The molecule has 5 heavy (non-hydrogen) atoms. The van der Waals surface area contributed by atoms with Crippen molar-refractivity contribution in [1.29, 1.82) is 0 Å². The normalized spacial score (nSPS) is 0.800. The van der Waals surface area contributed by atoms with Gasteiger partial charge in [-0.1, -0.05) is 0 Å². The fourth-order valence-electron chi connectivity index (χ4n) is 0. The summed E-state index contributed by atoms with van der Waals surface area (Å²) in [6.07, 6.45) is 0. The summed E-state index contributed by atoms with van der Waals surface area (Å²) in [6.45, 7) is 0. The Hall–Kier alpha value is 3.59. The molecule has 0 aliphatic heterocycles. The summed E-state index contributed by atoms with van der Waals surface area (Å²) in [7, 11) is 0.611. The van der Waals surface area contributed by atoms with Crippen molar-refractivity contribution in [3.8, 4) is 0 Å². The van der Waals surface area contributed by atoms with E-state index < -0.39 is 0 Å². The van der Waals surface area contributed by atoms with Crippen molar-refractivity contribution >= 4 is 104 Å². The first kappa shape index (κ1) is 23.5. The number of hydrogen-bond donors (Lipinski definition) is 0. The molecule has 0 aromatic carbocycles. The predicted molar refractivity (Wildman–Crippen MR) is 26.3 cm³/mol. The maximum absolute atomic E-state index is 8.28. The van der Waals surface area contributed by atoms with Gasteiger partial charge in [0.15, 0.2) is 0 Å². The van der Waals surface area contributed by atoms with E-state index in [0.29, 0.717) is 10.1 Å². The van der Waals surface area contributed by atoms with Crippen LogP contribution < -0.4 is 0 Å². The van der Waals surface area contributed by atoms with E-state index in [1.807, 2.05) is 0 Å². The molecule has 0 N–H and O–H groups in total. The standard InChI is InChI=1S/Ba.Cu.H2OSi.Sr.4H/c;;1-2;;;;;/h;;2H2;;;;;. The van der Waals surface area contributed by atoms with Crippen LogP contribution in [-0.2, 0) is 21.5 Å². The molecule has 0 bridgehead atoms. The van der Waals surface area contributed by atoms with Gasteiger partial charge in [-0.25, -0.2) is 0 Å². The summed E-state index contributed by atoms with van der Waals surface area (Å²) < 4.78 is 8.28.